The Morgan fingerprint density at radius 3 is 2.48 bits per heavy atom. The fourth-order valence-corrected chi connectivity index (χ4v) is 2.56. The number of nitrogens with zero attached hydrogens (tertiary/aromatic N) is 1. The molecule has 2 rings (SSSR count). The molecule has 3 N–H and O–H groups in total. The number of aromatic nitrogens is 1. The van der Waals surface area contributed by atoms with Crippen LogP contribution in [0, 0.1) is 0 Å². The molecule has 0 fully saturated rings. The Morgan fingerprint density at radius 2 is 1.92 bits per heavy atom. The molecule has 25 heavy (non-hydrogen) atoms. The number of halogens is 5. The predicted molar refractivity (Wildman–Crippen MR) is 97.6 cm³/mol. The number of nitrogens with two attached hydrogens (primary N) is 1. The lowest BCUT2D eigenvalue weighted by Crippen LogP contribution is -2.48. The zero-order valence-electron chi connectivity index (χ0n) is 13.4. The highest BCUT2D eigenvalue weighted by Gasteiger charge is 2.30. The number of alkyl halides is 3. The first-order valence-corrected chi connectivity index (χ1v) is 7.66. The number of carbonyl (C=O) groups excluding carboxylic acids is 1. The van der Waals surface area contributed by atoms with E-state index in [1.54, 1.807) is 13.8 Å². The quantitative estimate of drug-likeness (QED) is 0.788. The minimum Gasteiger partial charge on any atom is -0.345 e. The first-order valence-electron chi connectivity index (χ1n) is 6.78. The van der Waals surface area contributed by atoms with Gasteiger partial charge in [-0.3, -0.25) is 4.79 Å². The fourth-order valence-electron chi connectivity index (χ4n) is 1.76. The molecule has 0 unspecified atom stereocenters. The van der Waals surface area contributed by atoms with E-state index in [0.717, 1.165) is 23.5 Å². The van der Waals surface area contributed by atoms with Crippen LogP contribution in [-0.4, -0.2) is 23.0 Å². The Bertz CT molecular complexity index is 720. The van der Waals surface area contributed by atoms with Gasteiger partial charge in [0.05, 0.1) is 5.56 Å². The molecule has 0 saturated heterocycles. The molecule has 2 aromatic rings. The lowest BCUT2D eigenvalue weighted by molar-refractivity contribution is -0.137. The summed E-state index contributed by atoms with van der Waals surface area (Å²) in [5.41, 5.74) is 4.69. The van der Waals surface area contributed by atoms with Crippen molar-refractivity contribution in [2.45, 2.75) is 25.6 Å². The summed E-state index contributed by atoms with van der Waals surface area (Å²) in [6, 6.07) is 4.86. The van der Waals surface area contributed by atoms with Gasteiger partial charge >= 0.3 is 6.18 Å². The van der Waals surface area contributed by atoms with E-state index in [1.807, 2.05) is 0 Å². The minimum atomic E-state index is -4.42. The van der Waals surface area contributed by atoms with Gasteiger partial charge in [-0.05, 0) is 26.0 Å². The van der Waals surface area contributed by atoms with Crippen LogP contribution in [0.2, 0.25) is 0 Å². The van der Waals surface area contributed by atoms with Crippen molar-refractivity contribution < 1.29 is 18.0 Å². The van der Waals surface area contributed by atoms with Gasteiger partial charge in [-0.25, -0.2) is 4.98 Å². The Kier molecular flexibility index (Phi) is 8.37. The molecular weight excluding hydrogens is 398 g/mol. The third-order valence-corrected chi connectivity index (χ3v) is 4.03. The third kappa shape index (κ3) is 6.14. The molecular formula is C15H18Cl2F3N3OS. The van der Waals surface area contributed by atoms with Crippen molar-refractivity contribution in [3.05, 3.63) is 40.9 Å². The van der Waals surface area contributed by atoms with E-state index in [9.17, 15) is 18.0 Å². The van der Waals surface area contributed by atoms with Crippen molar-refractivity contribution in [2.75, 3.05) is 6.54 Å². The van der Waals surface area contributed by atoms with Gasteiger partial charge in [0.2, 0.25) is 0 Å². The third-order valence-electron chi connectivity index (χ3n) is 3.14. The predicted octanol–water partition coefficient (Wildman–Crippen LogP) is 4.14. The molecule has 1 aromatic carbocycles. The number of rotatable bonds is 4. The maximum absolute atomic E-state index is 12.7. The van der Waals surface area contributed by atoms with Crippen molar-refractivity contribution in [2.24, 2.45) is 5.73 Å². The highest BCUT2D eigenvalue weighted by Crippen LogP contribution is 2.33. The molecule has 4 nitrogen and oxygen atoms in total. The summed E-state index contributed by atoms with van der Waals surface area (Å²) in [6.07, 6.45) is -4.42. The lowest BCUT2D eigenvalue weighted by atomic mass is 10.1. The molecule has 0 bridgehead atoms. The van der Waals surface area contributed by atoms with Crippen LogP contribution in [0.1, 0.15) is 29.9 Å². The molecule has 1 amide bonds. The standard InChI is InChI=1S/C15H16F3N3OS.2ClH/c1-14(2,8-19)21-12(22)11-7-23-13(20-11)9-4-3-5-10(6-9)15(16,17)18;;/h3-7H,8,19H2,1-2H3,(H,21,22);2*1H. The summed E-state index contributed by atoms with van der Waals surface area (Å²) in [7, 11) is 0. The van der Waals surface area contributed by atoms with Crippen LogP contribution >= 0.6 is 36.2 Å². The highest BCUT2D eigenvalue weighted by atomic mass is 35.5. The largest absolute Gasteiger partial charge is 0.416 e. The highest BCUT2D eigenvalue weighted by molar-refractivity contribution is 7.13. The van der Waals surface area contributed by atoms with Crippen LogP contribution in [0.5, 0.6) is 0 Å². The van der Waals surface area contributed by atoms with Crippen LogP contribution < -0.4 is 11.1 Å². The molecule has 0 radical (unpaired) electrons. The number of thiazole rings is 1. The fraction of sp³-hybridized carbons (Fsp3) is 0.333. The van der Waals surface area contributed by atoms with E-state index >= 15 is 0 Å². The van der Waals surface area contributed by atoms with Crippen molar-refractivity contribution in [1.29, 1.82) is 0 Å². The SMILES string of the molecule is CC(C)(CN)NC(=O)c1csc(-c2cccc(C(F)(F)F)c2)n1.Cl.Cl. The number of benzene rings is 1. The summed E-state index contributed by atoms with van der Waals surface area (Å²) in [5, 5.41) is 4.59. The van der Waals surface area contributed by atoms with Crippen molar-refractivity contribution in [1.82, 2.24) is 10.3 Å². The molecule has 10 heteroatoms. The van der Waals surface area contributed by atoms with Gasteiger partial charge < -0.3 is 11.1 Å². The molecule has 0 saturated carbocycles. The first-order chi connectivity index (χ1) is 10.6. The van der Waals surface area contributed by atoms with Crippen LogP contribution in [-0.2, 0) is 6.18 Å². The Morgan fingerprint density at radius 1 is 1.28 bits per heavy atom. The molecule has 1 heterocycles. The van der Waals surface area contributed by atoms with Gasteiger partial charge in [0.15, 0.2) is 0 Å². The number of carbonyl (C=O) groups is 1. The second-order valence-electron chi connectivity index (χ2n) is 5.66. The average Bonchev–Trinajstić information content (AvgIpc) is 2.96. The molecule has 0 aliphatic carbocycles. The van der Waals surface area contributed by atoms with Crippen LogP contribution in [0.15, 0.2) is 29.6 Å². The molecule has 0 spiro atoms. The van der Waals surface area contributed by atoms with Crippen LogP contribution in [0.25, 0.3) is 10.6 Å². The summed E-state index contributed by atoms with van der Waals surface area (Å²) >= 11 is 1.11. The minimum absolute atomic E-state index is 0. The second kappa shape index (κ2) is 8.84. The van der Waals surface area contributed by atoms with Crippen LogP contribution in [0.3, 0.4) is 0 Å². The zero-order chi connectivity index (χ0) is 17.3. The summed E-state index contributed by atoms with van der Waals surface area (Å²) in [5.74, 6) is -0.407. The van der Waals surface area contributed by atoms with Crippen molar-refractivity contribution >= 4 is 42.1 Å². The maximum Gasteiger partial charge on any atom is 0.416 e. The summed E-state index contributed by atoms with van der Waals surface area (Å²) in [4.78, 5) is 16.2. The normalized spacial score (nSPS) is 11.3. The molecule has 1 aromatic heterocycles. The van der Waals surface area contributed by atoms with E-state index in [0.29, 0.717) is 10.6 Å². The Hall–Kier alpha value is -1.35. The average molecular weight is 416 g/mol. The van der Waals surface area contributed by atoms with E-state index in [2.05, 4.69) is 10.3 Å². The number of hydrogen-bond donors (Lipinski definition) is 2. The lowest BCUT2D eigenvalue weighted by Gasteiger charge is -2.23. The van der Waals surface area contributed by atoms with E-state index in [1.165, 1.54) is 17.5 Å². The van der Waals surface area contributed by atoms with Gasteiger partial charge in [0.1, 0.15) is 10.7 Å². The summed E-state index contributed by atoms with van der Waals surface area (Å²) < 4.78 is 38.2. The molecule has 0 atom stereocenters. The van der Waals surface area contributed by atoms with Crippen LogP contribution in [0.4, 0.5) is 13.2 Å². The van der Waals surface area contributed by atoms with Gasteiger partial charge in [0, 0.05) is 23.0 Å². The number of amides is 1. The molecule has 0 aliphatic heterocycles. The molecule has 140 valence electrons. The van der Waals surface area contributed by atoms with Crippen molar-refractivity contribution in [3.8, 4) is 10.6 Å². The van der Waals surface area contributed by atoms with E-state index in [4.69, 9.17) is 5.73 Å². The smallest absolute Gasteiger partial charge is 0.345 e. The molecule has 0 aliphatic rings. The van der Waals surface area contributed by atoms with Crippen molar-refractivity contribution in [3.63, 3.8) is 0 Å². The maximum atomic E-state index is 12.7. The van der Waals surface area contributed by atoms with Gasteiger partial charge in [0.25, 0.3) is 5.91 Å². The first kappa shape index (κ1) is 23.6. The van der Waals surface area contributed by atoms with E-state index < -0.39 is 23.2 Å². The van der Waals surface area contributed by atoms with E-state index in [-0.39, 0.29) is 37.1 Å². The number of nitrogens with one attached hydrogen (secondary N) is 1. The van der Waals surface area contributed by atoms with Gasteiger partial charge in [-0.15, -0.1) is 36.2 Å². The Balaban J connectivity index is 0.00000288. The van der Waals surface area contributed by atoms with Gasteiger partial charge in [-0.2, -0.15) is 13.2 Å². The Labute approximate surface area is 159 Å². The summed E-state index contributed by atoms with van der Waals surface area (Å²) in [6.45, 7) is 3.79. The second-order valence-corrected chi connectivity index (χ2v) is 6.52. The zero-order valence-corrected chi connectivity index (χ0v) is 15.8. The van der Waals surface area contributed by atoms with Gasteiger partial charge in [-0.1, -0.05) is 12.1 Å². The topological polar surface area (TPSA) is 68.0 Å². The number of hydrogen-bond acceptors (Lipinski definition) is 4. The monoisotopic (exact) mass is 415 g/mol.